The summed E-state index contributed by atoms with van der Waals surface area (Å²) in [5, 5.41) is 17.2. The molecule has 0 radical (unpaired) electrons. The van der Waals surface area contributed by atoms with Crippen molar-refractivity contribution in [1.82, 2.24) is 14.6 Å². The van der Waals surface area contributed by atoms with Crippen LogP contribution in [0.4, 0.5) is 0 Å². The van der Waals surface area contributed by atoms with Crippen molar-refractivity contribution in [3.05, 3.63) is 53.7 Å². The Morgan fingerprint density at radius 1 is 1.11 bits per heavy atom. The summed E-state index contributed by atoms with van der Waals surface area (Å²) in [6.07, 6.45) is 0. The van der Waals surface area contributed by atoms with Crippen LogP contribution in [0.25, 0.3) is 17.0 Å². The lowest BCUT2D eigenvalue weighted by molar-refractivity contribution is 0.0697. The fraction of sp³-hybridized carbons (Fsp3) is 0.0714. The fourth-order valence-electron chi connectivity index (χ4n) is 2.05. The quantitative estimate of drug-likeness (QED) is 0.761. The van der Waals surface area contributed by atoms with Gasteiger partial charge in [0.2, 0.25) is 0 Å². The van der Waals surface area contributed by atoms with Crippen LogP contribution in [0.1, 0.15) is 16.1 Å². The number of aryl methyl sites for hydroxylation is 1. The average molecular weight is 253 g/mol. The molecule has 5 heteroatoms. The standard InChI is InChI=1S/C14H11N3O2/c1-9-3-2-4-12-15-16-13(17(9)12)10-5-7-11(8-6-10)14(18)19/h2-8H,1H3,(H,18,19). The Morgan fingerprint density at radius 2 is 1.84 bits per heavy atom. The average Bonchev–Trinajstić information content (AvgIpc) is 2.84. The third kappa shape index (κ3) is 1.85. The summed E-state index contributed by atoms with van der Waals surface area (Å²) in [4.78, 5) is 10.8. The molecule has 0 aliphatic heterocycles. The summed E-state index contributed by atoms with van der Waals surface area (Å²) in [6.45, 7) is 1.98. The minimum absolute atomic E-state index is 0.259. The minimum atomic E-state index is -0.936. The molecule has 5 nitrogen and oxygen atoms in total. The molecular formula is C14H11N3O2. The van der Waals surface area contributed by atoms with Gasteiger partial charge in [0, 0.05) is 11.3 Å². The van der Waals surface area contributed by atoms with Crippen molar-refractivity contribution in [2.45, 2.75) is 6.92 Å². The molecule has 0 bridgehead atoms. The van der Waals surface area contributed by atoms with Crippen LogP contribution < -0.4 is 0 Å². The van der Waals surface area contributed by atoms with Gasteiger partial charge in [0.05, 0.1) is 5.56 Å². The molecule has 0 atom stereocenters. The van der Waals surface area contributed by atoms with Crippen LogP contribution in [0.15, 0.2) is 42.5 Å². The number of benzene rings is 1. The van der Waals surface area contributed by atoms with Crippen LogP contribution in [0.2, 0.25) is 0 Å². The molecule has 3 rings (SSSR count). The number of rotatable bonds is 2. The minimum Gasteiger partial charge on any atom is -0.478 e. The van der Waals surface area contributed by atoms with Gasteiger partial charge in [-0.15, -0.1) is 10.2 Å². The Kier molecular flexibility index (Phi) is 2.52. The fourth-order valence-corrected chi connectivity index (χ4v) is 2.05. The van der Waals surface area contributed by atoms with Gasteiger partial charge in [-0.1, -0.05) is 18.2 Å². The maximum absolute atomic E-state index is 10.8. The second kappa shape index (κ2) is 4.20. The van der Waals surface area contributed by atoms with Gasteiger partial charge in [-0.25, -0.2) is 4.79 Å². The predicted molar refractivity (Wildman–Crippen MR) is 70.1 cm³/mol. The van der Waals surface area contributed by atoms with Crippen molar-refractivity contribution < 1.29 is 9.90 Å². The number of aromatic carboxylic acids is 1. The third-order valence-corrected chi connectivity index (χ3v) is 3.01. The molecule has 3 aromatic rings. The van der Waals surface area contributed by atoms with Crippen molar-refractivity contribution in [2.24, 2.45) is 0 Å². The third-order valence-electron chi connectivity index (χ3n) is 3.01. The molecule has 0 aliphatic rings. The van der Waals surface area contributed by atoms with Crippen LogP contribution in [0.5, 0.6) is 0 Å². The number of hydrogen-bond donors (Lipinski definition) is 1. The first kappa shape index (κ1) is 11.4. The molecule has 0 unspecified atom stereocenters. The van der Waals surface area contributed by atoms with Crippen molar-refractivity contribution in [2.75, 3.05) is 0 Å². The molecule has 0 amide bonds. The molecule has 19 heavy (non-hydrogen) atoms. The zero-order valence-corrected chi connectivity index (χ0v) is 10.2. The lowest BCUT2D eigenvalue weighted by atomic mass is 10.1. The van der Waals surface area contributed by atoms with Crippen LogP contribution in [0, 0.1) is 6.92 Å². The van der Waals surface area contributed by atoms with E-state index in [1.165, 1.54) is 0 Å². The highest BCUT2D eigenvalue weighted by atomic mass is 16.4. The maximum Gasteiger partial charge on any atom is 0.335 e. The first-order valence-electron chi connectivity index (χ1n) is 5.81. The Labute approximate surface area is 109 Å². The summed E-state index contributed by atoms with van der Waals surface area (Å²) in [6, 6.07) is 12.4. The molecule has 1 aromatic carbocycles. The lowest BCUT2D eigenvalue weighted by Crippen LogP contribution is -1.97. The van der Waals surface area contributed by atoms with E-state index in [9.17, 15) is 4.79 Å². The van der Waals surface area contributed by atoms with Gasteiger partial charge in [-0.2, -0.15) is 0 Å². The SMILES string of the molecule is Cc1cccc2nnc(-c3ccc(C(=O)O)cc3)n12. The summed E-state index contributed by atoms with van der Waals surface area (Å²) in [5.41, 5.74) is 2.90. The number of aromatic nitrogens is 3. The number of carboxylic acids is 1. The smallest absolute Gasteiger partial charge is 0.335 e. The molecule has 0 spiro atoms. The van der Waals surface area contributed by atoms with E-state index in [-0.39, 0.29) is 5.56 Å². The van der Waals surface area contributed by atoms with E-state index in [1.54, 1.807) is 24.3 Å². The number of fused-ring (bicyclic) bond motifs is 1. The number of carboxylic acid groups (broad SMARTS) is 1. The lowest BCUT2D eigenvalue weighted by Gasteiger charge is -2.03. The monoisotopic (exact) mass is 253 g/mol. The normalized spacial score (nSPS) is 10.8. The van der Waals surface area contributed by atoms with Crippen LogP contribution in [-0.2, 0) is 0 Å². The van der Waals surface area contributed by atoms with Crippen molar-refractivity contribution >= 4 is 11.6 Å². The zero-order chi connectivity index (χ0) is 13.4. The highest BCUT2D eigenvalue weighted by molar-refractivity contribution is 5.88. The van der Waals surface area contributed by atoms with Gasteiger partial charge in [0.15, 0.2) is 11.5 Å². The van der Waals surface area contributed by atoms with Crippen LogP contribution in [-0.4, -0.2) is 25.7 Å². The Balaban J connectivity index is 2.16. The van der Waals surface area contributed by atoms with E-state index < -0.39 is 5.97 Å². The first-order valence-corrected chi connectivity index (χ1v) is 5.81. The Morgan fingerprint density at radius 3 is 2.53 bits per heavy atom. The molecule has 0 fully saturated rings. The van der Waals surface area contributed by atoms with Gasteiger partial charge in [0.1, 0.15) is 0 Å². The second-order valence-corrected chi connectivity index (χ2v) is 4.27. The highest BCUT2D eigenvalue weighted by Crippen LogP contribution is 2.20. The summed E-state index contributed by atoms with van der Waals surface area (Å²) >= 11 is 0. The largest absolute Gasteiger partial charge is 0.478 e. The number of pyridine rings is 1. The van der Waals surface area contributed by atoms with Crippen molar-refractivity contribution in [3.8, 4) is 11.4 Å². The van der Waals surface area contributed by atoms with Gasteiger partial charge in [-0.3, -0.25) is 4.40 Å². The van der Waals surface area contributed by atoms with Gasteiger partial charge in [-0.05, 0) is 31.2 Å². The summed E-state index contributed by atoms with van der Waals surface area (Å²) < 4.78 is 1.94. The van der Waals surface area contributed by atoms with Gasteiger partial charge >= 0.3 is 5.97 Å². The molecule has 0 saturated heterocycles. The second-order valence-electron chi connectivity index (χ2n) is 4.27. The van der Waals surface area contributed by atoms with E-state index in [1.807, 2.05) is 29.5 Å². The predicted octanol–water partition coefficient (Wildman–Crippen LogP) is 2.40. The topological polar surface area (TPSA) is 67.5 Å². The molecule has 0 saturated carbocycles. The van der Waals surface area contributed by atoms with E-state index in [0.717, 1.165) is 16.9 Å². The first-order chi connectivity index (χ1) is 9.16. The molecule has 2 heterocycles. The molecule has 2 aromatic heterocycles. The van der Waals surface area contributed by atoms with E-state index in [0.29, 0.717) is 5.82 Å². The maximum atomic E-state index is 10.8. The van der Waals surface area contributed by atoms with E-state index >= 15 is 0 Å². The Hall–Kier alpha value is -2.69. The van der Waals surface area contributed by atoms with Crippen LogP contribution in [0.3, 0.4) is 0 Å². The number of hydrogen-bond acceptors (Lipinski definition) is 3. The van der Waals surface area contributed by atoms with Gasteiger partial charge < -0.3 is 5.11 Å². The van der Waals surface area contributed by atoms with Crippen molar-refractivity contribution in [1.29, 1.82) is 0 Å². The number of carbonyl (C=O) groups is 1. The summed E-state index contributed by atoms with van der Waals surface area (Å²) in [7, 11) is 0. The summed E-state index contributed by atoms with van der Waals surface area (Å²) in [5.74, 6) is -0.223. The Bertz CT molecular complexity index is 760. The van der Waals surface area contributed by atoms with Crippen LogP contribution >= 0.6 is 0 Å². The van der Waals surface area contributed by atoms with Crippen molar-refractivity contribution in [3.63, 3.8) is 0 Å². The number of nitrogens with zero attached hydrogens (tertiary/aromatic N) is 3. The molecule has 0 aliphatic carbocycles. The van der Waals surface area contributed by atoms with E-state index in [4.69, 9.17) is 5.11 Å². The molecular weight excluding hydrogens is 242 g/mol. The van der Waals surface area contributed by atoms with Gasteiger partial charge in [0.25, 0.3) is 0 Å². The van der Waals surface area contributed by atoms with E-state index in [2.05, 4.69) is 10.2 Å². The highest BCUT2D eigenvalue weighted by Gasteiger charge is 2.10. The zero-order valence-electron chi connectivity index (χ0n) is 10.2. The molecule has 94 valence electrons. The molecule has 1 N–H and O–H groups in total.